The average Bonchev–Trinajstić information content (AvgIpc) is 2.99. The third-order valence-corrected chi connectivity index (χ3v) is 6.43. The van der Waals surface area contributed by atoms with Crippen LogP contribution >= 0.6 is 11.8 Å². The summed E-state index contributed by atoms with van der Waals surface area (Å²) in [6.07, 6.45) is 1.98. The Morgan fingerprint density at radius 3 is 2.45 bits per heavy atom. The first-order valence-corrected chi connectivity index (χ1v) is 11.4. The molecule has 0 spiro atoms. The molecule has 4 rings (SSSR count). The minimum Gasteiger partial charge on any atom is -0.339 e. The van der Waals surface area contributed by atoms with Gasteiger partial charge in [-0.2, -0.15) is 8.42 Å². The highest BCUT2D eigenvalue weighted by atomic mass is 32.2. The molecule has 0 saturated carbocycles. The van der Waals surface area contributed by atoms with Crippen molar-refractivity contribution in [2.24, 2.45) is 4.40 Å². The smallest absolute Gasteiger partial charge is 0.285 e. The Morgan fingerprint density at radius 2 is 1.69 bits per heavy atom. The Morgan fingerprint density at radius 1 is 0.931 bits per heavy atom. The minimum atomic E-state index is -3.68. The third-order valence-electron chi connectivity index (χ3n) is 4.37. The maximum absolute atomic E-state index is 12.5. The van der Waals surface area contributed by atoms with Crippen LogP contribution < -0.4 is 10.6 Å². The highest BCUT2D eigenvalue weighted by Crippen LogP contribution is 2.27. The van der Waals surface area contributed by atoms with Gasteiger partial charge in [-0.15, -0.1) is 16.2 Å². The summed E-state index contributed by atoms with van der Waals surface area (Å²) < 4.78 is 28.1. The van der Waals surface area contributed by atoms with Gasteiger partial charge in [-0.05, 0) is 60.9 Å². The standard InChI is InChI=1S/C21H17N3O3S2/c1-28-17-6-4-5-16(13-17)23-21(25)14-9-11-15(12-10-14)22-20-18-7-2-3-8-19(18)29(26,27)24-20/h2-13H,1H3,(H,22,24)(H,23,25). The second-order valence-corrected chi connectivity index (χ2v) is 8.75. The summed E-state index contributed by atoms with van der Waals surface area (Å²) in [5.41, 5.74) is 2.39. The molecule has 3 aromatic rings. The van der Waals surface area contributed by atoms with Crippen LogP contribution in [-0.2, 0) is 10.0 Å². The van der Waals surface area contributed by atoms with Gasteiger partial charge in [0.1, 0.15) is 4.90 Å². The van der Waals surface area contributed by atoms with E-state index in [2.05, 4.69) is 15.0 Å². The maximum atomic E-state index is 12.5. The highest BCUT2D eigenvalue weighted by molar-refractivity contribution is 7.98. The SMILES string of the molecule is CSc1cccc(NC(=O)c2ccc(NC3=NS(=O)(=O)c4ccccc43)cc2)c1. The molecule has 0 saturated heterocycles. The number of nitrogens with one attached hydrogen (secondary N) is 2. The molecule has 29 heavy (non-hydrogen) atoms. The first kappa shape index (κ1) is 19.2. The highest BCUT2D eigenvalue weighted by Gasteiger charge is 2.28. The van der Waals surface area contributed by atoms with E-state index in [-0.39, 0.29) is 16.6 Å². The number of hydrogen-bond donors (Lipinski definition) is 2. The number of carbonyl (C=O) groups is 1. The Hall–Kier alpha value is -3.10. The summed E-state index contributed by atoms with van der Waals surface area (Å²) in [7, 11) is -3.68. The number of nitrogens with zero attached hydrogens (tertiary/aromatic N) is 1. The van der Waals surface area contributed by atoms with Crippen LogP contribution in [0.15, 0.2) is 87.0 Å². The summed E-state index contributed by atoms with van der Waals surface area (Å²) in [6.45, 7) is 0. The van der Waals surface area contributed by atoms with Crippen LogP contribution in [-0.4, -0.2) is 26.4 Å². The van der Waals surface area contributed by atoms with Crippen molar-refractivity contribution in [2.75, 3.05) is 16.9 Å². The molecule has 0 bridgehead atoms. The van der Waals surface area contributed by atoms with Gasteiger partial charge in [0.05, 0.1) is 0 Å². The van der Waals surface area contributed by atoms with Crippen LogP contribution in [0.25, 0.3) is 0 Å². The van der Waals surface area contributed by atoms with Crippen LogP contribution in [0.3, 0.4) is 0 Å². The van der Waals surface area contributed by atoms with Crippen molar-refractivity contribution in [3.63, 3.8) is 0 Å². The molecule has 8 heteroatoms. The van der Waals surface area contributed by atoms with Gasteiger partial charge < -0.3 is 10.6 Å². The predicted octanol–water partition coefficient (Wildman–Crippen LogP) is 4.22. The van der Waals surface area contributed by atoms with E-state index in [9.17, 15) is 13.2 Å². The topological polar surface area (TPSA) is 87.6 Å². The van der Waals surface area contributed by atoms with Crippen molar-refractivity contribution in [1.82, 2.24) is 0 Å². The number of rotatable bonds is 4. The van der Waals surface area contributed by atoms with E-state index in [1.165, 1.54) is 6.07 Å². The van der Waals surface area contributed by atoms with Gasteiger partial charge >= 0.3 is 0 Å². The average molecular weight is 424 g/mol. The molecule has 2 N–H and O–H groups in total. The van der Waals surface area contributed by atoms with E-state index >= 15 is 0 Å². The van der Waals surface area contributed by atoms with Crippen molar-refractivity contribution in [3.8, 4) is 0 Å². The fraction of sp³-hybridized carbons (Fsp3) is 0.0476. The molecule has 1 aliphatic rings. The summed E-state index contributed by atoms with van der Waals surface area (Å²) >= 11 is 1.60. The Bertz CT molecular complexity index is 1220. The monoisotopic (exact) mass is 423 g/mol. The van der Waals surface area contributed by atoms with Crippen molar-refractivity contribution < 1.29 is 13.2 Å². The van der Waals surface area contributed by atoms with Gasteiger partial charge in [0.25, 0.3) is 15.9 Å². The fourth-order valence-corrected chi connectivity index (χ4v) is 4.58. The van der Waals surface area contributed by atoms with E-state index in [1.807, 2.05) is 30.5 Å². The number of sulfonamides is 1. The molecule has 1 aliphatic heterocycles. The molecular formula is C21H17N3O3S2. The largest absolute Gasteiger partial charge is 0.339 e. The van der Waals surface area contributed by atoms with Gasteiger partial charge in [-0.3, -0.25) is 4.79 Å². The van der Waals surface area contributed by atoms with E-state index < -0.39 is 10.0 Å². The summed E-state index contributed by atoms with van der Waals surface area (Å²) in [4.78, 5) is 13.7. The molecule has 3 aromatic carbocycles. The van der Waals surface area contributed by atoms with Crippen LogP contribution in [0.4, 0.5) is 11.4 Å². The van der Waals surface area contributed by atoms with Crippen LogP contribution in [0.1, 0.15) is 15.9 Å². The molecular weight excluding hydrogens is 406 g/mol. The first-order chi connectivity index (χ1) is 14.0. The molecule has 1 heterocycles. The quantitative estimate of drug-likeness (QED) is 0.614. The molecule has 0 radical (unpaired) electrons. The number of anilines is 2. The van der Waals surface area contributed by atoms with E-state index in [0.29, 0.717) is 16.8 Å². The van der Waals surface area contributed by atoms with Gasteiger partial charge in [-0.1, -0.05) is 18.2 Å². The molecule has 0 aromatic heterocycles. The van der Waals surface area contributed by atoms with Crippen molar-refractivity contribution in [2.45, 2.75) is 9.79 Å². The van der Waals surface area contributed by atoms with Crippen molar-refractivity contribution >= 4 is 44.9 Å². The van der Waals surface area contributed by atoms with Gasteiger partial charge in [-0.25, -0.2) is 0 Å². The Labute approximate surface area is 173 Å². The van der Waals surface area contributed by atoms with E-state index in [4.69, 9.17) is 0 Å². The van der Waals surface area contributed by atoms with E-state index in [0.717, 1.165) is 10.6 Å². The van der Waals surface area contributed by atoms with Crippen LogP contribution in [0.5, 0.6) is 0 Å². The Balaban J connectivity index is 1.49. The molecule has 0 aliphatic carbocycles. The van der Waals surface area contributed by atoms with Crippen LogP contribution in [0.2, 0.25) is 0 Å². The lowest BCUT2D eigenvalue weighted by Gasteiger charge is -2.09. The third kappa shape index (κ3) is 4.03. The molecule has 1 amide bonds. The lowest BCUT2D eigenvalue weighted by atomic mass is 10.1. The fourth-order valence-electron chi connectivity index (χ4n) is 2.94. The Kier molecular flexibility index (Phi) is 5.12. The predicted molar refractivity (Wildman–Crippen MR) is 116 cm³/mol. The molecule has 0 unspecified atom stereocenters. The lowest BCUT2D eigenvalue weighted by molar-refractivity contribution is 0.102. The molecule has 0 fully saturated rings. The molecule has 0 atom stereocenters. The van der Waals surface area contributed by atoms with Gasteiger partial charge in [0, 0.05) is 27.4 Å². The zero-order valence-corrected chi connectivity index (χ0v) is 17.0. The summed E-state index contributed by atoms with van der Waals surface area (Å²) in [5, 5.41) is 5.89. The van der Waals surface area contributed by atoms with Crippen molar-refractivity contribution in [1.29, 1.82) is 0 Å². The summed E-state index contributed by atoms with van der Waals surface area (Å²) in [6, 6.07) is 21.0. The number of amides is 1. The van der Waals surface area contributed by atoms with E-state index in [1.54, 1.807) is 54.2 Å². The number of fused-ring (bicyclic) bond motifs is 1. The lowest BCUT2D eigenvalue weighted by Crippen LogP contribution is -2.13. The van der Waals surface area contributed by atoms with Crippen molar-refractivity contribution in [3.05, 3.63) is 83.9 Å². The number of hydrogen-bond acceptors (Lipinski definition) is 5. The molecule has 146 valence electrons. The minimum absolute atomic E-state index is 0.186. The zero-order chi connectivity index (χ0) is 20.4. The molecule has 6 nitrogen and oxygen atoms in total. The van der Waals surface area contributed by atoms with Crippen LogP contribution in [0, 0.1) is 0 Å². The number of carbonyl (C=O) groups excluding carboxylic acids is 1. The second kappa shape index (κ2) is 7.73. The second-order valence-electron chi connectivity index (χ2n) is 6.30. The maximum Gasteiger partial charge on any atom is 0.285 e. The number of thioether (sulfide) groups is 1. The normalized spacial score (nSPS) is 14.0. The first-order valence-electron chi connectivity index (χ1n) is 8.73. The number of benzene rings is 3. The van der Waals surface area contributed by atoms with Gasteiger partial charge in [0.2, 0.25) is 0 Å². The van der Waals surface area contributed by atoms with Gasteiger partial charge in [0.15, 0.2) is 5.84 Å². The number of amidine groups is 1. The summed E-state index contributed by atoms with van der Waals surface area (Å²) in [5.74, 6) is 0.0487. The zero-order valence-electron chi connectivity index (χ0n) is 15.4.